The lowest BCUT2D eigenvalue weighted by Gasteiger charge is -2.28. The van der Waals surface area contributed by atoms with Gasteiger partial charge in [-0.05, 0) is 51.1 Å². The number of hydrogen-bond acceptors (Lipinski definition) is 5. The molecular weight excluding hydrogens is 356 g/mol. The number of amides is 1. The summed E-state index contributed by atoms with van der Waals surface area (Å²) in [5.41, 5.74) is -0.686. The molecule has 28 heavy (non-hydrogen) atoms. The molecule has 148 valence electrons. The highest BCUT2D eigenvalue weighted by atomic mass is 16.3. The van der Waals surface area contributed by atoms with Gasteiger partial charge >= 0.3 is 0 Å². The topological polar surface area (TPSA) is 74.0 Å². The van der Waals surface area contributed by atoms with Crippen LogP contribution in [0.25, 0.3) is 0 Å². The van der Waals surface area contributed by atoms with Crippen molar-refractivity contribution in [2.45, 2.75) is 44.6 Å². The van der Waals surface area contributed by atoms with E-state index in [4.69, 9.17) is 4.42 Å². The number of Topliss-reactive ketones (excluding diaryl/α,β-unsaturated/α-hetero) is 1. The molecule has 1 aromatic heterocycles. The summed E-state index contributed by atoms with van der Waals surface area (Å²) in [6.07, 6.45) is 4.32. The predicted molar refractivity (Wildman–Crippen MR) is 105 cm³/mol. The van der Waals surface area contributed by atoms with Gasteiger partial charge < -0.3 is 9.52 Å². The maximum atomic E-state index is 13.3. The van der Waals surface area contributed by atoms with Crippen LogP contribution in [0.4, 0.5) is 5.69 Å². The van der Waals surface area contributed by atoms with Gasteiger partial charge in [-0.3, -0.25) is 19.4 Å². The van der Waals surface area contributed by atoms with Crippen LogP contribution in [0.15, 0.2) is 40.8 Å². The molecule has 1 N–H and O–H groups in total. The van der Waals surface area contributed by atoms with Crippen molar-refractivity contribution in [3.05, 3.63) is 53.5 Å². The Bertz CT molecular complexity index is 882. The van der Waals surface area contributed by atoms with E-state index in [0.717, 1.165) is 25.9 Å². The Labute approximate surface area is 164 Å². The van der Waals surface area contributed by atoms with Gasteiger partial charge in [0.2, 0.25) is 5.78 Å². The number of ketones is 1. The average Bonchev–Trinajstić information content (AvgIpc) is 3.07. The standard InChI is InChI=1S/C22H26N2O4/c1-16-10-11-20(28-16)19(25)14-22(27)17-8-4-5-9-18(17)24(21(22)26)15-23-12-6-2-3-7-13-23/h4-5,8-11,27H,2-3,6-7,12-15H2,1H3/t22-/m0/s1. The second-order valence-electron chi connectivity index (χ2n) is 7.79. The highest BCUT2D eigenvalue weighted by Gasteiger charge is 2.51. The number of furan rings is 1. The average molecular weight is 382 g/mol. The fourth-order valence-electron chi connectivity index (χ4n) is 4.20. The Balaban J connectivity index is 1.61. The van der Waals surface area contributed by atoms with Gasteiger partial charge in [0.05, 0.1) is 18.8 Å². The molecule has 0 spiro atoms. The molecule has 1 aromatic carbocycles. The van der Waals surface area contributed by atoms with E-state index < -0.39 is 11.5 Å². The molecule has 6 nitrogen and oxygen atoms in total. The maximum absolute atomic E-state index is 13.3. The van der Waals surface area contributed by atoms with E-state index in [1.165, 1.54) is 12.8 Å². The largest absolute Gasteiger partial charge is 0.458 e. The molecule has 3 heterocycles. The lowest BCUT2D eigenvalue weighted by atomic mass is 9.89. The molecule has 0 bridgehead atoms. The van der Waals surface area contributed by atoms with Gasteiger partial charge in [0.25, 0.3) is 5.91 Å². The van der Waals surface area contributed by atoms with Crippen molar-refractivity contribution in [3.63, 3.8) is 0 Å². The van der Waals surface area contributed by atoms with Crippen LogP contribution in [0.5, 0.6) is 0 Å². The van der Waals surface area contributed by atoms with Gasteiger partial charge in [0.1, 0.15) is 5.76 Å². The molecule has 4 rings (SSSR count). The van der Waals surface area contributed by atoms with E-state index in [1.807, 2.05) is 12.1 Å². The first kappa shape index (κ1) is 18.9. The lowest BCUT2D eigenvalue weighted by Crippen LogP contribution is -2.46. The first-order valence-corrected chi connectivity index (χ1v) is 9.95. The Kier molecular flexibility index (Phi) is 5.08. The summed E-state index contributed by atoms with van der Waals surface area (Å²) in [5, 5.41) is 11.3. The second-order valence-corrected chi connectivity index (χ2v) is 7.79. The van der Waals surface area contributed by atoms with Crippen LogP contribution in [-0.4, -0.2) is 41.5 Å². The number of carbonyl (C=O) groups excluding carboxylic acids is 2. The van der Waals surface area contributed by atoms with Crippen molar-refractivity contribution in [1.29, 1.82) is 0 Å². The second kappa shape index (κ2) is 7.53. The zero-order valence-electron chi connectivity index (χ0n) is 16.2. The van der Waals surface area contributed by atoms with Crippen molar-refractivity contribution in [1.82, 2.24) is 4.90 Å². The number of aryl methyl sites for hydroxylation is 1. The third kappa shape index (κ3) is 3.38. The van der Waals surface area contributed by atoms with E-state index in [2.05, 4.69) is 4.90 Å². The molecule has 0 radical (unpaired) electrons. The minimum atomic E-state index is -1.86. The molecular formula is C22H26N2O4. The summed E-state index contributed by atoms with van der Waals surface area (Å²) < 4.78 is 5.39. The molecule has 1 saturated heterocycles. The molecule has 1 atom stereocenters. The summed E-state index contributed by atoms with van der Waals surface area (Å²) in [6, 6.07) is 10.5. The van der Waals surface area contributed by atoms with Gasteiger partial charge in [0.15, 0.2) is 11.4 Å². The molecule has 0 saturated carbocycles. The number of carbonyl (C=O) groups is 2. The number of anilines is 1. The van der Waals surface area contributed by atoms with Crippen LogP contribution in [-0.2, 0) is 10.4 Å². The van der Waals surface area contributed by atoms with Gasteiger partial charge in [-0.1, -0.05) is 31.0 Å². The summed E-state index contributed by atoms with van der Waals surface area (Å²) in [7, 11) is 0. The van der Waals surface area contributed by atoms with Crippen LogP contribution >= 0.6 is 0 Å². The van der Waals surface area contributed by atoms with Crippen molar-refractivity contribution in [2.24, 2.45) is 0 Å². The highest BCUT2D eigenvalue weighted by Crippen LogP contribution is 2.43. The quantitative estimate of drug-likeness (QED) is 0.804. The monoisotopic (exact) mass is 382 g/mol. The Morgan fingerprint density at radius 2 is 1.82 bits per heavy atom. The number of hydrogen-bond donors (Lipinski definition) is 1. The predicted octanol–water partition coefficient (Wildman–Crippen LogP) is 3.23. The summed E-state index contributed by atoms with van der Waals surface area (Å²) >= 11 is 0. The SMILES string of the molecule is Cc1ccc(C(=O)C[C@@]2(O)C(=O)N(CN3CCCCCC3)c3ccccc32)o1. The zero-order valence-corrected chi connectivity index (χ0v) is 16.2. The van der Waals surface area contributed by atoms with Crippen molar-refractivity contribution in [2.75, 3.05) is 24.7 Å². The summed E-state index contributed by atoms with van der Waals surface area (Å²) in [6.45, 7) is 4.07. The fourth-order valence-corrected chi connectivity index (χ4v) is 4.20. The minimum Gasteiger partial charge on any atom is -0.458 e. The molecule has 1 fully saturated rings. The number of para-hydroxylation sites is 1. The summed E-state index contributed by atoms with van der Waals surface area (Å²) in [4.78, 5) is 29.8. The first-order valence-electron chi connectivity index (χ1n) is 9.95. The first-order chi connectivity index (χ1) is 13.5. The Hall–Kier alpha value is -2.44. The fraction of sp³-hybridized carbons (Fsp3) is 0.455. The number of benzene rings is 1. The van der Waals surface area contributed by atoms with E-state index in [-0.39, 0.29) is 18.0 Å². The van der Waals surface area contributed by atoms with E-state index in [0.29, 0.717) is 23.7 Å². The maximum Gasteiger partial charge on any atom is 0.265 e. The van der Waals surface area contributed by atoms with Crippen LogP contribution in [0.2, 0.25) is 0 Å². The smallest absolute Gasteiger partial charge is 0.265 e. The highest BCUT2D eigenvalue weighted by molar-refractivity contribution is 6.10. The third-order valence-electron chi connectivity index (χ3n) is 5.71. The van der Waals surface area contributed by atoms with Gasteiger partial charge in [-0.25, -0.2) is 0 Å². The van der Waals surface area contributed by atoms with Crippen LogP contribution in [0, 0.1) is 6.92 Å². The number of fused-ring (bicyclic) bond motifs is 1. The van der Waals surface area contributed by atoms with E-state index >= 15 is 0 Å². The van der Waals surface area contributed by atoms with E-state index in [9.17, 15) is 14.7 Å². The molecule has 2 aromatic rings. The molecule has 1 amide bonds. The number of rotatable bonds is 5. The number of likely N-dealkylation sites (tertiary alicyclic amines) is 1. The van der Waals surface area contributed by atoms with Crippen LogP contribution in [0.3, 0.4) is 0 Å². The zero-order chi connectivity index (χ0) is 19.7. The molecule has 2 aliphatic heterocycles. The number of aliphatic hydroxyl groups is 1. The van der Waals surface area contributed by atoms with Crippen molar-refractivity contribution < 1.29 is 19.1 Å². The summed E-state index contributed by atoms with van der Waals surface area (Å²) in [5.74, 6) is -0.0246. The molecule has 2 aliphatic rings. The molecule has 0 aliphatic carbocycles. The van der Waals surface area contributed by atoms with Crippen LogP contribution < -0.4 is 4.90 Å². The van der Waals surface area contributed by atoms with Crippen molar-refractivity contribution in [3.8, 4) is 0 Å². The van der Waals surface area contributed by atoms with Crippen LogP contribution in [0.1, 0.15) is 54.0 Å². The Morgan fingerprint density at radius 1 is 1.11 bits per heavy atom. The molecule has 0 unspecified atom stereocenters. The van der Waals surface area contributed by atoms with E-state index in [1.54, 1.807) is 36.1 Å². The third-order valence-corrected chi connectivity index (χ3v) is 5.71. The van der Waals surface area contributed by atoms with Gasteiger partial charge in [-0.15, -0.1) is 0 Å². The Morgan fingerprint density at radius 3 is 2.50 bits per heavy atom. The lowest BCUT2D eigenvalue weighted by molar-refractivity contribution is -0.136. The minimum absolute atomic E-state index is 0.169. The van der Waals surface area contributed by atoms with Gasteiger partial charge in [-0.2, -0.15) is 0 Å². The van der Waals surface area contributed by atoms with Crippen molar-refractivity contribution >= 4 is 17.4 Å². The van der Waals surface area contributed by atoms with Gasteiger partial charge in [0, 0.05) is 5.56 Å². The molecule has 6 heteroatoms. The number of nitrogens with zero attached hydrogens (tertiary/aromatic N) is 2. The normalized spacial score (nSPS) is 22.9.